The van der Waals surface area contributed by atoms with Gasteiger partial charge in [0, 0.05) is 18.8 Å². The lowest BCUT2D eigenvalue weighted by atomic mass is 10.0. The van der Waals surface area contributed by atoms with Gasteiger partial charge < -0.3 is 15.4 Å². The van der Waals surface area contributed by atoms with Crippen LogP contribution in [0.3, 0.4) is 0 Å². The van der Waals surface area contributed by atoms with Crippen molar-refractivity contribution in [1.82, 2.24) is 0 Å². The molecule has 1 unspecified atom stereocenters. The van der Waals surface area contributed by atoms with Crippen molar-refractivity contribution in [2.24, 2.45) is 5.73 Å². The molecular weight excluding hydrogens is 228 g/mol. The van der Waals surface area contributed by atoms with Crippen molar-refractivity contribution in [3.63, 3.8) is 0 Å². The number of nitrogens with two attached hydrogens (primary N) is 1. The smallest absolute Gasteiger partial charge is 0.327 e. The molecule has 18 heavy (non-hydrogen) atoms. The molecule has 4 nitrogen and oxygen atoms in total. The molecule has 1 rings (SSSR count). The number of benzene rings is 1. The average Bonchev–Trinajstić information content (AvgIpc) is 2.34. The minimum absolute atomic E-state index is 0.395. The van der Waals surface area contributed by atoms with Crippen LogP contribution in [-0.2, 0) is 9.53 Å². The molecule has 0 radical (unpaired) electrons. The van der Waals surface area contributed by atoms with Crippen LogP contribution in [0.1, 0.15) is 19.4 Å². The SMILES string of the molecule is CCN(CC(C)(N)C(=O)OC)c1cccc(C)c1. The Labute approximate surface area is 109 Å². The van der Waals surface area contributed by atoms with Crippen LogP contribution in [0, 0.1) is 6.92 Å². The Morgan fingerprint density at radius 2 is 2.17 bits per heavy atom. The number of methoxy groups -OCH3 is 1. The number of esters is 1. The summed E-state index contributed by atoms with van der Waals surface area (Å²) in [5.41, 5.74) is 7.25. The molecule has 0 heterocycles. The second-order valence-corrected chi connectivity index (χ2v) is 4.76. The number of anilines is 1. The molecule has 0 aliphatic rings. The lowest BCUT2D eigenvalue weighted by molar-refractivity contribution is -0.146. The predicted octanol–water partition coefficient (Wildman–Crippen LogP) is 1.71. The summed E-state index contributed by atoms with van der Waals surface area (Å²) < 4.78 is 4.73. The van der Waals surface area contributed by atoms with Gasteiger partial charge in [-0.05, 0) is 38.5 Å². The lowest BCUT2D eigenvalue weighted by Gasteiger charge is -2.31. The van der Waals surface area contributed by atoms with Crippen LogP contribution in [-0.4, -0.2) is 31.7 Å². The van der Waals surface area contributed by atoms with Gasteiger partial charge in [0.15, 0.2) is 0 Å². The summed E-state index contributed by atoms with van der Waals surface area (Å²) in [5, 5.41) is 0. The van der Waals surface area contributed by atoms with Crippen molar-refractivity contribution in [2.75, 3.05) is 25.1 Å². The average molecular weight is 250 g/mol. The third-order valence-corrected chi connectivity index (χ3v) is 2.92. The fraction of sp³-hybridized carbons (Fsp3) is 0.500. The number of hydrogen-bond acceptors (Lipinski definition) is 4. The number of likely N-dealkylation sites (N-methyl/N-ethyl adjacent to an activating group) is 1. The molecule has 1 aromatic rings. The monoisotopic (exact) mass is 250 g/mol. The van der Waals surface area contributed by atoms with E-state index in [-0.39, 0.29) is 0 Å². The zero-order chi connectivity index (χ0) is 13.8. The number of carbonyl (C=O) groups excluding carboxylic acids is 1. The van der Waals surface area contributed by atoms with E-state index >= 15 is 0 Å². The van der Waals surface area contributed by atoms with E-state index < -0.39 is 11.5 Å². The van der Waals surface area contributed by atoms with Gasteiger partial charge in [0.05, 0.1) is 7.11 Å². The molecule has 1 atom stereocenters. The zero-order valence-electron chi connectivity index (χ0n) is 11.6. The van der Waals surface area contributed by atoms with Gasteiger partial charge in [-0.1, -0.05) is 12.1 Å². The molecule has 0 saturated carbocycles. The van der Waals surface area contributed by atoms with E-state index in [1.165, 1.54) is 12.7 Å². The molecule has 0 bridgehead atoms. The van der Waals surface area contributed by atoms with E-state index in [0.717, 1.165) is 12.2 Å². The van der Waals surface area contributed by atoms with Crippen molar-refractivity contribution in [2.45, 2.75) is 26.3 Å². The maximum Gasteiger partial charge on any atom is 0.327 e. The van der Waals surface area contributed by atoms with Gasteiger partial charge in [0.2, 0.25) is 0 Å². The maximum absolute atomic E-state index is 11.6. The summed E-state index contributed by atoms with van der Waals surface area (Å²) in [5.74, 6) is -0.395. The quantitative estimate of drug-likeness (QED) is 0.808. The Balaban J connectivity index is 2.89. The van der Waals surface area contributed by atoms with Gasteiger partial charge in [0.1, 0.15) is 5.54 Å². The minimum Gasteiger partial charge on any atom is -0.468 e. The van der Waals surface area contributed by atoms with Crippen molar-refractivity contribution in [3.05, 3.63) is 29.8 Å². The summed E-state index contributed by atoms with van der Waals surface area (Å²) in [6.07, 6.45) is 0. The van der Waals surface area contributed by atoms with Gasteiger partial charge in [-0.15, -0.1) is 0 Å². The highest BCUT2D eigenvalue weighted by atomic mass is 16.5. The van der Waals surface area contributed by atoms with E-state index in [0.29, 0.717) is 6.54 Å². The number of carbonyl (C=O) groups is 1. The second kappa shape index (κ2) is 5.87. The van der Waals surface area contributed by atoms with Crippen LogP contribution >= 0.6 is 0 Å². The van der Waals surface area contributed by atoms with Crippen molar-refractivity contribution < 1.29 is 9.53 Å². The number of rotatable bonds is 5. The highest BCUT2D eigenvalue weighted by Gasteiger charge is 2.31. The number of nitrogens with zero attached hydrogens (tertiary/aromatic N) is 1. The topological polar surface area (TPSA) is 55.6 Å². The summed E-state index contributed by atoms with van der Waals surface area (Å²) in [7, 11) is 1.36. The van der Waals surface area contributed by atoms with Crippen LogP contribution in [0.2, 0.25) is 0 Å². The molecule has 0 fully saturated rings. The van der Waals surface area contributed by atoms with Crippen LogP contribution < -0.4 is 10.6 Å². The van der Waals surface area contributed by atoms with Gasteiger partial charge in [-0.2, -0.15) is 0 Å². The van der Waals surface area contributed by atoms with Crippen LogP contribution in [0.4, 0.5) is 5.69 Å². The van der Waals surface area contributed by atoms with E-state index in [1.807, 2.05) is 32.0 Å². The Morgan fingerprint density at radius 3 is 2.67 bits per heavy atom. The van der Waals surface area contributed by atoms with Crippen molar-refractivity contribution in [1.29, 1.82) is 0 Å². The van der Waals surface area contributed by atoms with Gasteiger partial charge in [-0.25, -0.2) is 0 Å². The van der Waals surface area contributed by atoms with Crippen LogP contribution in [0.15, 0.2) is 24.3 Å². The molecule has 0 aliphatic heterocycles. The van der Waals surface area contributed by atoms with Crippen LogP contribution in [0.25, 0.3) is 0 Å². The Bertz CT molecular complexity index is 416. The van der Waals surface area contributed by atoms with Gasteiger partial charge in [-0.3, -0.25) is 4.79 Å². The Morgan fingerprint density at radius 1 is 1.50 bits per heavy atom. The van der Waals surface area contributed by atoms with Gasteiger partial charge >= 0.3 is 5.97 Å². The molecule has 0 saturated heterocycles. The molecule has 4 heteroatoms. The largest absolute Gasteiger partial charge is 0.468 e. The maximum atomic E-state index is 11.6. The van der Waals surface area contributed by atoms with Crippen molar-refractivity contribution >= 4 is 11.7 Å². The molecule has 100 valence electrons. The number of ether oxygens (including phenoxy) is 1. The van der Waals surface area contributed by atoms with Crippen molar-refractivity contribution in [3.8, 4) is 0 Å². The van der Waals surface area contributed by atoms with E-state index in [4.69, 9.17) is 10.5 Å². The third-order valence-electron chi connectivity index (χ3n) is 2.92. The highest BCUT2D eigenvalue weighted by molar-refractivity contribution is 5.81. The zero-order valence-corrected chi connectivity index (χ0v) is 11.6. The second-order valence-electron chi connectivity index (χ2n) is 4.76. The van der Waals surface area contributed by atoms with E-state index in [2.05, 4.69) is 11.0 Å². The fourth-order valence-corrected chi connectivity index (χ4v) is 1.90. The summed E-state index contributed by atoms with van der Waals surface area (Å²) in [6.45, 7) is 6.99. The molecule has 0 aromatic heterocycles. The normalized spacial score (nSPS) is 13.8. The number of hydrogen-bond donors (Lipinski definition) is 1. The highest BCUT2D eigenvalue weighted by Crippen LogP contribution is 2.18. The first kappa shape index (κ1) is 14.5. The van der Waals surface area contributed by atoms with Gasteiger partial charge in [0.25, 0.3) is 0 Å². The van der Waals surface area contributed by atoms with Crippen LogP contribution in [0.5, 0.6) is 0 Å². The molecular formula is C14H22N2O2. The Hall–Kier alpha value is -1.55. The summed E-state index contributed by atoms with van der Waals surface area (Å²) >= 11 is 0. The minimum atomic E-state index is -1.01. The first-order chi connectivity index (χ1) is 8.40. The lowest BCUT2D eigenvalue weighted by Crippen LogP contribution is -2.54. The Kier molecular flexibility index (Phi) is 4.73. The number of aryl methyl sites for hydroxylation is 1. The predicted molar refractivity (Wildman–Crippen MR) is 73.7 cm³/mol. The van der Waals surface area contributed by atoms with E-state index in [9.17, 15) is 4.79 Å². The summed E-state index contributed by atoms with van der Waals surface area (Å²) in [6, 6.07) is 8.14. The first-order valence-electron chi connectivity index (χ1n) is 6.09. The first-order valence-corrected chi connectivity index (χ1v) is 6.09. The van der Waals surface area contributed by atoms with E-state index in [1.54, 1.807) is 6.92 Å². The molecule has 0 amide bonds. The fourth-order valence-electron chi connectivity index (χ4n) is 1.90. The molecule has 1 aromatic carbocycles. The molecule has 0 aliphatic carbocycles. The molecule has 2 N–H and O–H groups in total. The molecule has 0 spiro atoms. The third kappa shape index (κ3) is 3.47. The standard InChI is InChI=1S/C14H22N2O2/c1-5-16(10-14(3,15)13(17)18-4)12-8-6-7-11(2)9-12/h6-9H,5,10,15H2,1-4H3. The summed E-state index contributed by atoms with van der Waals surface area (Å²) in [4.78, 5) is 13.7.